The van der Waals surface area contributed by atoms with Crippen molar-refractivity contribution in [2.45, 2.75) is 0 Å². The number of carboxylic acids is 2. The van der Waals surface area contributed by atoms with Gasteiger partial charge >= 0.3 is 41.5 Å². The molecule has 0 amide bonds. The van der Waals surface area contributed by atoms with Crippen LogP contribution in [0.3, 0.4) is 0 Å². The molecule has 0 aliphatic heterocycles. The molecule has 7 nitrogen and oxygen atoms in total. The average Bonchev–Trinajstić information content (AvgIpc) is 2.19. The molecule has 1 aromatic carbocycles. The smallest absolute Gasteiger partial charge is 0.478 e. The summed E-state index contributed by atoms with van der Waals surface area (Å²) in [5.41, 5.74) is 13.1. The summed E-state index contributed by atoms with van der Waals surface area (Å²) in [6, 6.07) is 5.48. The number of carbonyl (C=O) groups is 2. The Kier molecular flexibility index (Phi) is 9.24. The molecule has 78 valence electrons. The van der Waals surface area contributed by atoms with Gasteiger partial charge in [0.15, 0.2) is 0 Å². The van der Waals surface area contributed by atoms with Crippen molar-refractivity contribution in [3.63, 3.8) is 0 Å². The van der Waals surface area contributed by atoms with Crippen LogP contribution >= 0.6 is 0 Å². The van der Waals surface area contributed by atoms with E-state index in [0.717, 1.165) is 0 Å². The monoisotopic (exact) mass is 231 g/mol. The first-order valence-electron chi connectivity index (χ1n) is 3.58. The summed E-state index contributed by atoms with van der Waals surface area (Å²) in [7, 11) is 0. The second-order valence-electron chi connectivity index (χ2n) is 2.25. The molecule has 8 heteroatoms. The van der Waals surface area contributed by atoms with Crippen LogP contribution in [0.1, 0.15) is 20.7 Å². The third-order valence-electron chi connectivity index (χ3n) is 1.39. The minimum Gasteiger partial charge on any atom is -0.478 e. The van der Waals surface area contributed by atoms with Crippen LogP contribution < -0.4 is 29.6 Å². The largest absolute Gasteiger partial charge is 1.00 e. The van der Waals surface area contributed by atoms with E-state index in [4.69, 9.17) is 21.3 Å². The molecule has 0 saturated heterocycles. The summed E-state index contributed by atoms with van der Waals surface area (Å²) >= 11 is 0. The van der Waals surface area contributed by atoms with Crippen LogP contribution in [-0.4, -0.2) is 22.2 Å². The SMILES string of the molecule is O=C(O)c1ccccc1C(=O)O.[N-]=[N+]=[N-].[Na+]. The normalized spacial score (nSPS) is 7.50. The quantitative estimate of drug-likeness (QED) is 0.290. The molecule has 0 aliphatic carbocycles. The van der Waals surface area contributed by atoms with E-state index in [1.807, 2.05) is 0 Å². The molecule has 0 bridgehead atoms. The average molecular weight is 231 g/mol. The van der Waals surface area contributed by atoms with Crippen molar-refractivity contribution < 1.29 is 49.4 Å². The fraction of sp³-hybridized carbons (Fsp3) is 0. The molecule has 2 N–H and O–H groups in total. The first kappa shape index (κ1) is 16.9. The Morgan fingerprint density at radius 1 is 1.00 bits per heavy atom. The maximum Gasteiger partial charge on any atom is 1.00 e. The van der Waals surface area contributed by atoms with E-state index in [-0.39, 0.29) is 40.7 Å². The fourth-order valence-corrected chi connectivity index (χ4v) is 0.856. The van der Waals surface area contributed by atoms with Crippen molar-refractivity contribution >= 4 is 11.9 Å². The van der Waals surface area contributed by atoms with E-state index >= 15 is 0 Å². The van der Waals surface area contributed by atoms with Gasteiger partial charge in [0.05, 0.1) is 11.1 Å². The summed E-state index contributed by atoms with van der Waals surface area (Å²) in [5.74, 6) is -2.46. The molecule has 0 aromatic heterocycles. The van der Waals surface area contributed by atoms with Crippen LogP contribution in [0.5, 0.6) is 0 Å². The number of hydrogen-bond donors (Lipinski definition) is 2. The van der Waals surface area contributed by atoms with Crippen LogP contribution in [0.25, 0.3) is 16.0 Å². The molecule has 0 atom stereocenters. The zero-order valence-corrected chi connectivity index (χ0v) is 10.4. The van der Waals surface area contributed by atoms with Gasteiger partial charge in [0.25, 0.3) is 0 Å². The topological polar surface area (TPSA) is 133 Å². The molecule has 1 aromatic rings. The van der Waals surface area contributed by atoms with Crippen molar-refractivity contribution in [2.75, 3.05) is 0 Å². The third kappa shape index (κ3) is 5.38. The minimum absolute atomic E-state index is 0. The van der Waals surface area contributed by atoms with Crippen LogP contribution in [-0.2, 0) is 0 Å². The van der Waals surface area contributed by atoms with Gasteiger partial charge < -0.3 is 21.3 Å². The minimum atomic E-state index is -1.23. The third-order valence-corrected chi connectivity index (χ3v) is 1.39. The summed E-state index contributed by atoms with van der Waals surface area (Å²) in [5, 5.41) is 17.1. The van der Waals surface area contributed by atoms with Crippen molar-refractivity contribution in [2.24, 2.45) is 0 Å². The fourth-order valence-electron chi connectivity index (χ4n) is 0.856. The Morgan fingerprint density at radius 3 is 1.44 bits per heavy atom. The summed E-state index contributed by atoms with van der Waals surface area (Å²) in [6.07, 6.45) is 0. The van der Waals surface area contributed by atoms with E-state index < -0.39 is 11.9 Å². The molecular formula is C8H6N3NaO4. The first-order chi connectivity index (χ1) is 7.04. The number of rotatable bonds is 2. The van der Waals surface area contributed by atoms with Gasteiger partial charge in [-0.25, -0.2) is 9.59 Å². The summed E-state index contributed by atoms with van der Waals surface area (Å²) in [4.78, 5) is 22.4. The van der Waals surface area contributed by atoms with E-state index in [2.05, 4.69) is 0 Å². The maximum atomic E-state index is 10.5. The zero-order chi connectivity index (χ0) is 11.8. The Labute approximate surface area is 112 Å². The zero-order valence-electron chi connectivity index (χ0n) is 8.36. The molecule has 0 spiro atoms. The van der Waals surface area contributed by atoms with E-state index in [1.165, 1.54) is 29.2 Å². The predicted octanol–water partition coefficient (Wildman–Crippen LogP) is -1.05. The molecule has 0 aliphatic rings. The van der Waals surface area contributed by atoms with E-state index in [9.17, 15) is 9.59 Å². The molecular weight excluding hydrogens is 225 g/mol. The molecule has 16 heavy (non-hydrogen) atoms. The van der Waals surface area contributed by atoms with Crippen molar-refractivity contribution in [1.82, 2.24) is 0 Å². The summed E-state index contributed by atoms with van der Waals surface area (Å²) < 4.78 is 0. The Bertz CT molecular complexity index is 382. The van der Waals surface area contributed by atoms with Gasteiger partial charge in [-0.3, -0.25) is 4.91 Å². The molecule has 0 heterocycles. The van der Waals surface area contributed by atoms with Gasteiger partial charge in [-0.15, -0.1) is 0 Å². The van der Waals surface area contributed by atoms with Gasteiger partial charge in [-0.05, 0) is 12.1 Å². The Hall–Kier alpha value is -1.53. The molecule has 0 fully saturated rings. The molecule has 1 rings (SSSR count). The van der Waals surface area contributed by atoms with Crippen LogP contribution in [0.4, 0.5) is 0 Å². The van der Waals surface area contributed by atoms with E-state index in [1.54, 1.807) is 0 Å². The van der Waals surface area contributed by atoms with Gasteiger partial charge in [0.1, 0.15) is 0 Å². The van der Waals surface area contributed by atoms with Crippen molar-refractivity contribution in [1.29, 1.82) is 0 Å². The number of carboxylic acid groups (broad SMARTS) is 2. The van der Waals surface area contributed by atoms with Gasteiger partial charge in [0, 0.05) is 0 Å². The Balaban J connectivity index is 0. The van der Waals surface area contributed by atoms with Gasteiger partial charge in [0.2, 0.25) is 0 Å². The van der Waals surface area contributed by atoms with Crippen LogP contribution in [0.15, 0.2) is 24.3 Å². The van der Waals surface area contributed by atoms with E-state index in [0.29, 0.717) is 0 Å². The second-order valence-corrected chi connectivity index (χ2v) is 2.25. The van der Waals surface area contributed by atoms with Gasteiger partial charge in [-0.1, -0.05) is 12.1 Å². The summed E-state index contributed by atoms with van der Waals surface area (Å²) in [6.45, 7) is 0. The van der Waals surface area contributed by atoms with Gasteiger partial charge in [-0.2, -0.15) is 0 Å². The van der Waals surface area contributed by atoms with Crippen LogP contribution in [0.2, 0.25) is 0 Å². The predicted molar refractivity (Wildman–Crippen MR) is 50.4 cm³/mol. The molecule has 0 saturated carbocycles. The number of nitrogens with zero attached hydrogens (tertiary/aromatic N) is 3. The molecule has 0 unspecified atom stereocenters. The van der Waals surface area contributed by atoms with Crippen molar-refractivity contribution in [3.05, 3.63) is 51.4 Å². The number of hydrogen-bond acceptors (Lipinski definition) is 2. The van der Waals surface area contributed by atoms with Crippen molar-refractivity contribution in [3.8, 4) is 0 Å². The standard InChI is InChI=1S/C8H6O4.N3.Na/c9-7(10)5-3-1-2-4-6(5)8(11)12;1-3-2;/h1-4H,(H,9,10)(H,11,12);;/q;-1;+1. The number of aromatic carboxylic acids is 2. The number of benzene rings is 1. The second kappa shape index (κ2) is 8.75. The maximum absolute atomic E-state index is 10.5. The Morgan fingerprint density at radius 2 is 1.25 bits per heavy atom. The molecule has 0 radical (unpaired) electrons. The first-order valence-corrected chi connectivity index (χ1v) is 3.58. The van der Waals surface area contributed by atoms with Crippen LogP contribution in [0, 0.1) is 0 Å².